The van der Waals surface area contributed by atoms with Crippen molar-refractivity contribution in [3.8, 4) is 0 Å². The molecule has 1 aliphatic rings. The molecule has 0 bridgehead atoms. The Balaban J connectivity index is 2.56. The van der Waals surface area contributed by atoms with Gasteiger partial charge in [-0.1, -0.05) is 31.1 Å². The Morgan fingerprint density at radius 3 is 2.82 bits per heavy atom. The summed E-state index contributed by atoms with van der Waals surface area (Å²) < 4.78 is 0. The summed E-state index contributed by atoms with van der Waals surface area (Å²) in [5.74, 6) is 1.50. The van der Waals surface area contributed by atoms with E-state index < -0.39 is 0 Å². The van der Waals surface area contributed by atoms with Crippen LogP contribution in [0.25, 0.3) is 0 Å². The van der Waals surface area contributed by atoms with E-state index in [1.165, 1.54) is 12.8 Å². The fraction of sp³-hybridized carbons (Fsp3) is 0.600. The minimum atomic E-state index is 0.648. The Morgan fingerprint density at radius 1 is 1.64 bits per heavy atom. The monoisotopic (exact) mass is 151 g/mol. The summed E-state index contributed by atoms with van der Waals surface area (Å²) in [6, 6.07) is 0. The molecule has 1 aliphatic carbocycles. The molecule has 62 valence electrons. The Hall–Kier alpha value is -0.720. The van der Waals surface area contributed by atoms with Crippen LogP contribution in [0.5, 0.6) is 0 Å². The lowest BCUT2D eigenvalue weighted by Gasteiger charge is -2.37. The van der Waals surface area contributed by atoms with Crippen LogP contribution in [0, 0.1) is 11.8 Å². The molecule has 0 radical (unpaired) electrons. The van der Waals surface area contributed by atoms with Crippen molar-refractivity contribution in [2.75, 3.05) is 0 Å². The Bertz CT molecular complexity index is 179. The molecule has 2 atom stereocenters. The first kappa shape index (κ1) is 8.38. The van der Waals surface area contributed by atoms with Crippen molar-refractivity contribution < 1.29 is 0 Å². The van der Waals surface area contributed by atoms with Gasteiger partial charge in [0.15, 0.2) is 0 Å². The van der Waals surface area contributed by atoms with Crippen molar-refractivity contribution in [3.05, 3.63) is 23.9 Å². The molecule has 0 saturated heterocycles. The topological polar surface area (TPSA) is 26.0 Å². The minimum Gasteiger partial charge on any atom is -0.405 e. The van der Waals surface area contributed by atoms with Crippen molar-refractivity contribution >= 4 is 0 Å². The average Bonchev–Trinajstić information content (AvgIpc) is 2.00. The summed E-state index contributed by atoms with van der Waals surface area (Å²) in [7, 11) is 0. The van der Waals surface area contributed by atoms with Crippen LogP contribution in [0.1, 0.15) is 26.7 Å². The highest BCUT2D eigenvalue weighted by molar-refractivity contribution is 5.23. The lowest BCUT2D eigenvalue weighted by molar-refractivity contribution is 0.318. The maximum absolute atomic E-state index is 5.36. The molecule has 2 N–H and O–H groups in total. The first-order chi connectivity index (χ1) is 5.33. The van der Waals surface area contributed by atoms with Crippen molar-refractivity contribution in [2.45, 2.75) is 26.7 Å². The van der Waals surface area contributed by atoms with Crippen LogP contribution in [0.2, 0.25) is 0 Å². The second kappa shape index (κ2) is 3.61. The highest BCUT2D eigenvalue weighted by Gasteiger charge is 2.31. The van der Waals surface area contributed by atoms with E-state index in [9.17, 15) is 0 Å². The van der Waals surface area contributed by atoms with Crippen molar-refractivity contribution in [1.82, 2.24) is 0 Å². The van der Waals surface area contributed by atoms with Gasteiger partial charge >= 0.3 is 0 Å². The van der Waals surface area contributed by atoms with Gasteiger partial charge in [-0.25, -0.2) is 0 Å². The molecule has 0 amide bonds. The summed E-state index contributed by atoms with van der Waals surface area (Å²) in [6.45, 7) is 4.35. The molecule has 1 heteroatoms. The summed E-state index contributed by atoms with van der Waals surface area (Å²) in [5.41, 5.74) is 6.92. The van der Waals surface area contributed by atoms with Gasteiger partial charge in [-0.05, 0) is 25.5 Å². The van der Waals surface area contributed by atoms with Gasteiger partial charge in [-0.15, -0.1) is 0 Å². The Morgan fingerprint density at radius 2 is 2.36 bits per heavy atom. The molecule has 1 saturated carbocycles. The smallest absolute Gasteiger partial charge is 0.00251 e. The first-order valence-electron chi connectivity index (χ1n) is 4.37. The molecule has 0 heterocycles. The van der Waals surface area contributed by atoms with Crippen LogP contribution >= 0.6 is 0 Å². The largest absolute Gasteiger partial charge is 0.405 e. The van der Waals surface area contributed by atoms with Crippen LogP contribution in [0.4, 0.5) is 0 Å². The van der Waals surface area contributed by atoms with Crippen LogP contribution in [0.15, 0.2) is 23.9 Å². The van der Waals surface area contributed by atoms with E-state index >= 15 is 0 Å². The number of nitrogens with two attached hydrogens (primary N) is 1. The zero-order valence-corrected chi connectivity index (χ0v) is 7.38. The fourth-order valence-electron chi connectivity index (χ4n) is 1.82. The SMILES string of the molecule is C/C=C1\CC(CC)C1/C=C\N. The normalized spacial score (nSPS) is 34.5. The van der Waals surface area contributed by atoms with E-state index in [-0.39, 0.29) is 0 Å². The maximum atomic E-state index is 5.36. The zero-order chi connectivity index (χ0) is 8.27. The molecular formula is C10H17N. The summed E-state index contributed by atoms with van der Waals surface area (Å²) in [4.78, 5) is 0. The minimum absolute atomic E-state index is 0.648. The zero-order valence-electron chi connectivity index (χ0n) is 7.38. The van der Waals surface area contributed by atoms with Crippen LogP contribution in [0.3, 0.4) is 0 Å². The van der Waals surface area contributed by atoms with E-state index in [2.05, 4.69) is 26.0 Å². The molecule has 1 nitrogen and oxygen atoms in total. The number of allylic oxidation sites excluding steroid dienone is 3. The summed E-state index contributed by atoms with van der Waals surface area (Å²) in [5, 5.41) is 0. The third kappa shape index (κ3) is 1.47. The van der Waals surface area contributed by atoms with E-state index in [1.807, 2.05) is 0 Å². The summed E-state index contributed by atoms with van der Waals surface area (Å²) in [6.07, 6.45) is 8.56. The second-order valence-corrected chi connectivity index (χ2v) is 3.15. The molecule has 1 rings (SSSR count). The van der Waals surface area contributed by atoms with Crippen molar-refractivity contribution in [2.24, 2.45) is 17.6 Å². The molecule has 1 fully saturated rings. The number of rotatable bonds is 2. The molecule has 0 aliphatic heterocycles. The number of hydrogen-bond acceptors (Lipinski definition) is 1. The predicted octanol–water partition coefficient (Wildman–Crippen LogP) is 2.45. The van der Waals surface area contributed by atoms with Crippen LogP contribution < -0.4 is 5.73 Å². The van der Waals surface area contributed by atoms with E-state index in [0.29, 0.717) is 5.92 Å². The van der Waals surface area contributed by atoms with Gasteiger partial charge < -0.3 is 5.73 Å². The van der Waals surface area contributed by atoms with Crippen molar-refractivity contribution in [3.63, 3.8) is 0 Å². The third-order valence-corrected chi connectivity index (χ3v) is 2.65. The average molecular weight is 151 g/mol. The van der Waals surface area contributed by atoms with E-state index in [0.717, 1.165) is 5.92 Å². The van der Waals surface area contributed by atoms with E-state index in [1.54, 1.807) is 11.8 Å². The lowest BCUT2D eigenvalue weighted by Crippen LogP contribution is -2.26. The fourth-order valence-corrected chi connectivity index (χ4v) is 1.82. The summed E-state index contributed by atoms with van der Waals surface area (Å²) >= 11 is 0. The lowest BCUT2D eigenvalue weighted by atomic mass is 9.68. The molecule has 2 unspecified atom stereocenters. The highest BCUT2D eigenvalue weighted by Crippen LogP contribution is 2.42. The standard InChI is InChI=1S/C10H17N/c1-3-8-7-9(4-2)10(8)5-6-11/h3,5-6,9-10H,4,7,11H2,1-2H3/b6-5-,8-3+. The Labute approximate surface area is 69.0 Å². The first-order valence-corrected chi connectivity index (χ1v) is 4.37. The van der Waals surface area contributed by atoms with E-state index in [4.69, 9.17) is 5.73 Å². The predicted molar refractivity (Wildman–Crippen MR) is 49.0 cm³/mol. The maximum Gasteiger partial charge on any atom is 0.00251 e. The van der Waals surface area contributed by atoms with Gasteiger partial charge in [0.05, 0.1) is 0 Å². The van der Waals surface area contributed by atoms with Gasteiger partial charge in [-0.3, -0.25) is 0 Å². The van der Waals surface area contributed by atoms with Gasteiger partial charge in [-0.2, -0.15) is 0 Å². The molecule has 0 aromatic carbocycles. The quantitative estimate of drug-likeness (QED) is 0.603. The van der Waals surface area contributed by atoms with Gasteiger partial charge in [0.2, 0.25) is 0 Å². The van der Waals surface area contributed by atoms with Crippen molar-refractivity contribution in [1.29, 1.82) is 0 Å². The Kier molecular flexibility index (Phi) is 2.75. The van der Waals surface area contributed by atoms with Crippen LogP contribution in [-0.4, -0.2) is 0 Å². The van der Waals surface area contributed by atoms with Gasteiger partial charge in [0.1, 0.15) is 0 Å². The number of hydrogen-bond donors (Lipinski definition) is 1. The van der Waals surface area contributed by atoms with Crippen LogP contribution in [-0.2, 0) is 0 Å². The molecule has 0 aromatic heterocycles. The molecule has 0 aromatic rings. The molecule has 0 spiro atoms. The van der Waals surface area contributed by atoms with Gasteiger partial charge in [0.25, 0.3) is 0 Å². The molecule has 11 heavy (non-hydrogen) atoms. The van der Waals surface area contributed by atoms with Gasteiger partial charge in [0, 0.05) is 5.92 Å². The highest BCUT2D eigenvalue weighted by atomic mass is 14.5. The molecular weight excluding hydrogens is 134 g/mol. The third-order valence-electron chi connectivity index (χ3n) is 2.65. The second-order valence-electron chi connectivity index (χ2n) is 3.15.